The zero-order valence-electron chi connectivity index (χ0n) is 21.4. The summed E-state index contributed by atoms with van der Waals surface area (Å²) >= 11 is 0. The molecular formula is C28H29N3O7. The van der Waals surface area contributed by atoms with Crippen LogP contribution in [-0.4, -0.2) is 69.6 Å². The van der Waals surface area contributed by atoms with E-state index in [4.69, 9.17) is 14.0 Å². The molecule has 5 rings (SSSR count). The van der Waals surface area contributed by atoms with Crippen LogP contribution in [0.25, 0.3) is 11.1 Å². The molecule has 10 heteroatoms. The van der Waals surface area contributed by atoms with Crippen molar-refractivity contribution < 1.29 is 33.5 Å². The molecule has 198 valence electrons. The first kappa shape index (κ1) is 25.3. The SMILES string of the molecule is CC(C)(C)OC(=O)N1CC(N(Cc2cc(C(=O)O)no2)C(=O)OCC2c3ccccc3-c3ccccc32)C1. The van der Waals surface area contributed by atoms with E-state index in [1.807, 2.05) is 36.4 Å². The van der Waals surface area contributed by atoms with Crippen molar-refractivity contribution in [3.63, 3.8) is 0 Å². The van der Waals surface area contributed by atoms with Crippen molar-refractivity contribution in [1.29, 1.82) is 0 Å². The maximum Gasteiger partial charge on any atom is 0.410 e. The van der Waals surface area contributed by atoms with Crippen molar-refractivity contribution in [3.8, 4) is 11.1 Å². The van der Waals surface area contributed by atoms with Crippen molar-refractivity contribution >= 4 is 18.2 Å². The van der Waals surface area contributed by atoms with Crippen LogP contribution in [0, 0.1) is 0 Å². The van der Waals surface area contributed by atoms with Crippen LogP contribution in [0.3, 0.4) is 0 Å². The number of benzene rings is 2. The third-order valence-corrected chi connectivity index (χ3v) is 6.63. The van der Waals surface area contributed by atoms with Crippen LogP contribution in [0.5, 0.6) is 0 Å². The van der Waals surface area contributed by atoms with Gasteiger partial charge in [0.25, 0.3) is 0 Å². The first-order valence-electron chi connectivity index (χ1n) is 12.4. The summed E-state index contributed by atoms with van der Waals surface area (Å²) in [6.45, 7) is 5.93. The Morgan fingerprint density at radius 2 is 1.66 bits per heavy atom. The van der Waals surface area contributed by atoms with E-state index in [0.717, 1.165) is 22.3 Å². The van der Waals surface area contributed by atoms with Crippen molar-refractivity contribution in [3.05, 3.63) is 77.2 Å². The number of aromatic carboxylic acids is 1. The highest BCUT2D eigenvalue weighted by atomic mass is 16.6. The molecule has 0 unspecified atom stereocenters. The molecule has 0 spiro atoms. The molecule has 2 amide bonds. The first-order chi connectivity index (χ1) is 18.1. The first-order valence-corrected chi connectivity index (χ1v) is 12.4. The molecule has 1 saturated heterocycles. The standard InChI is InChI=1S/C28H29N3O7/c1-28(2,3)37-26(34)30-13-17(14-30)31(15-18-12-24(25(32)33)29-38-18)27(35)36-16-23-21-10-6-4-8-19(21)20-9-5-7-11-22(20)23/h4-12,17,23H,13-16H2,1-3H3,(H,32,33). The lowest BCUT2D eigenvalue weighted by atomic mass is 9.98. The van der Waals surface area contributed by atoms with Gasteiger partial charge in [-0.15, -0.1) is 0 Å². The number of hydrogen-bond donors (Lipinski definition) is 1. The van der Waals surface area contributed by atoms with E-state index in [-0.39, 0.29) is 49.7 Å². The van der Waals surface area contributed by atoms with Gasteiger partial charge in [0.2, 0.25) is 0 Å². The molecule has 0 saturated carbocycles. The molecule has 2 aromatic carbocycles. The van der Waals surface area contributed by atoms with Gasteiger partial charge < -0.3 is 24.0 Å². The summed E-state index contributed by atoms with van der Waals surface area (Å²) < 4.78 is 16.4. The summed E-state index contributed by atoms with van der Waals surface area (Å²) in [6.07, 6.45) is -1.05. The molecule has 0 radical (unpaired) electrons. The molecule has 1 aliphatic heterocycles. The number of amides is 2. The largest absolute Gasteiger partial charge is 0.476 e. The lowest BCUT2D eigenvalue weighted by molar-refractivity contribution is -0.0188. The van der Waals surface area contributed by atoms with Gasteiger partial charge in [0, 0.05) is 25.1 Å². The van der Waals surface area contributed by atoms with Gasteiger partial charge in [-0.05, 0) is 43.0 Å². The second-order valence-corrected chi connectivity index (χ2v) is 10.5. The quantitative estimate of drug-likeness (QED) is 0.495. The van der Waals surface area contributed by atoms with Gasteiger partial charge in [0.15, 0.2) is 11.5 Å². The summed E-state index contributed by atoms with van der Waals surface area (Å²) in [5.74, 6) is -1.14. The second kappa shape index (κ2) is 9.85. The number of carbonyl (C=O) groups excluding carboxylic acids is 2. The molecule has 10 nitrogen and oxygen atoms in total. The van der Waals surface area contributed by atoms with Gasteiger partial charge in [-0.25, -0.2) is 14.4 Å². The molecule has 0 atom stereocenters. The monoisotopic (exact) mass is 519 g/mol. The molecule has 0 bridgehead atoms. The predicted molar refractivity (Wildman–Crippen MR) is 136 cm³/mol. The fourth-order valence-electron chi connectivity index (χ4n) is 4.80. The summed E-state index contributed by atoms with van der Waals surface area (Å²) in [7, 11) is 0. The van der Waals surface area contributed by atoms with Gasteiger partial charge in [0.1, 0.15) is 12.2 Å². The third kappa shape index (κ3) is 5.06. The Balaban J connectivity index is 1.31. The van der Waals surface area contributed by atoms with E-state index < -0.39 is 23.8 Å². The number of carboxylic acids is 1. The zero-order chi connectivity index (χ0) is 27.0. The lowest BCUT2D eigenvalue weighted by Crippen LogP contribution is -2.62. The Morgan fingerprint density at radius 1 is 1.05 bits per heavy atom. The third-order valence-electron chi connectivity index (χ3n) is 6.63. The summed E-state index contributed by atoms with van der Waals surface area (Å²) in [5, 5.41) is 12.7. The molecule has 3 aromatic rings. The zero-order valence-corrected chi connectivity index (χ0v) is 21.4. The summed E-state index contributed by atoms with van der Waals surface area (Å²) in [6, 6.07) is 17.0. The van der Waals surface area contributed by atoms with Gasteiger partial charge in [-0.3, -0.25) is 4.90 Å². The van der Waals surface area contributed by atoms with Crippen LogP contribution in [-0.2, 0) is 16.0 Å². The number of hydrogen-bond acceptors (Lipinski definition) is 7. The number of fused-ring (bicyclic) bond motifs is 3. The molecule has 2 heterocycles. The second-order valence-electron chi connectivity index (χ2n) is 10.5. The minimum Gasteiger partial charge on any atom is -0.476 e. The number of ether oxygens (including phenoxy) is 2. The van der Waals surface area contributed by atoms with Crippen molar-refractivity contribution in [2.24, 2.45) is 0 Å². The minimum atomic E-state index is -1.23. The van der Waals surface area contributed by atoms with Crippen LogP contribution in [0.4, 0.5) is 9.59 Å². The van der Waals surface area contributed by atoms with E-state index in [9.17, 15) is 19.5 Å². The Kier molecular flexibility index (Phi) is 6.56. The predicted octanol–water partition coefficient (Wildman–Crippen LogP) is 4.74. The number of likely N-dealkylation sites (tertiary alicyclic amines) is 1. The lowest BCUT2D eigenvalue weighted by Gasteiger charge is -2.44. The highest BCUT2D eigenvalue weighted by Crippen LogP contribution is 2.44. The topological polar surface area (TPSA) is 122 Å². The number of carbonyl (C=O) groups is 3. The van der Waals surface area contributed by atoms with Crippen molar-refractivity contribution in [2.45, 2.75) is 44.9 Å². The molecule has 1 N–H and O–H groups in total. The highest BCUT2D eigenvalue weighted by Gasteiger charge is 2.41. The maximum absolute atomic E-state index is 13.4. The van der Waals surface area contributed by atoms with E-state index in [1.54, 1.807) is 20.8 Å². The molecule has 1 fully saturated rings. The smallest absolute Gasteiger partial charge is 0.410 e. The molecular weight excluding hydrogens is 490 g/mol. The van der Waals surface area contributed by atoms with Crippen LogP contribution >= 0.6 is 0 Å². The molecule has 2 aliphatic rings. The van der Waals surface area contributed by atoms with Crippen LogP contribution < -0.4 is 0 Å². The summed E-state index contributed by atoms with van der Waals surface area (Å²) in [5.41, 5.74) is 3.54. The van der Waals surface area contributed by atoms with E-state index in [1.165, 1.54) is 15.9 Å². The Bertz CT molecular complexity index is 1330. The Hall–Kier alpha value is -4.34. The van der Waals surface area contributed by atoms with Gasteiger partial charge in [0.05, 0.1) is 12.6 Å². The normalized spacial score (nSPS) is 14.9. The van der Waals surface area contributed by atoms with Crippen LogP contribution in [0.1, 0.15) is 54.1 Å². The molecule has 1 aliphatic carbocycles. The van der Waals surface area contributed by atoms with Gasteiger partial charge >= 0.3 is 18.2 Å². The number of rotatable bonds is 6. The van der Waals surface area contributed by atoms with E-state index in [2.05, 4.69) is 17.3 Å². The minimum absolute atomic E-state index is 0.0518. The van der Waals surface area contributed by atoms with Gasteiger partial charge in [-0.1, -0.05) is 53.7 Å². The number of aromatic nitrogens is 1. The average molecular weight is 520 g/mol. The van der Waals surface area contributed by atoms with Crippen molar-refractivity contribution in [1.82, 2.24) is 15.0 Å². The Morgan fingerprint density at radius 3 is 2.21 bits per heavy atom. The average Bonchev–Trinajstić information content (AvgIpc) is 3.43. The highest BCUT2D eigenvalue weighted by molar-refractivity contribution is 5.85. The fraction of sp³-hybridized carbons (Fsp3) is 0.357. The number of carboxylic acid groups (broad SMARTS) is 1. The van der Waals surface area contributed by atoms with E-state index in [0.29, 0.717) is 0 Å². The fourth-order valence-corrected chi connectivity index (χ4v) is 4.80. The summed E-state index contributed by atoms with van der Waals surface area (Å²) in [4.78, 5) is 40.0. The van der Waals surface area contributed by atoms with Gasteiger partial charge in [-0.2, -0.15) is 0 Å². The number of nitrogens with zero attached hydrogens (tertiary/aromatic N) is 3. The van der Waals surface area contributed by atoms with E-state index >= 15 is 0 Å². The van der Waals surface area contributed by atoms with Crippen LogP contribution in [0.15, 0.2) is 59.1 Å². The van der Waals surface area contributed by atoms with Crippen molar-refractivity contribution in [2.75, 3.05) is 19.7 Å². The molecule has 38 heavy (non-hydrogen) atoms. The molecule has 1 aromatic heterocycles. The Labute approximate surface area is 219 Å². The maximum atomic E-state index is 13.4. The van der Waals surface area contributed by atoms with Crippen LogP contribution in [0.2, 0.25) is 0 Å².